The van der Waals surface area contributed by atoms with E-state index >= 15 is 0 Å². The van der Waals surface area contributed by atoms with E-state index in [2.05, 4.69) is 10.9 Å². The Morgan fingerprint density at radius 2 is 1.65 bits per heavy atom. The zero-order chi connectivity index (χ0) is 14.7. The zero-order valence-electron chi connectivity index (χ0n) is 9.81. The van der Waals surface area contributed by atoms with Gasteiger partial charge in [-0.15, -0.1) is 11.3 Å². The second-order valence-electron chi connectivity index (χ2n) is 3.66. The van der Waals surface area contributed by atoms with E-state index in [9.17, 15) is 14.7 Å². The largest absolute Gasteiger partial charge is 0.507 e. The summed E-state index contributed by atoms with van der Waals surface area (Å²) in [4.78, 5) is 23.5. The van der Waals surface area contributed by atoms with E-state index in [0.717, 1.165) is 11.3 Å². The maximum absolute atomic E-state index is 11.8. The average Bonchev–Trinajstić information content (AvgIpc) is 2.75. The van der Waals surface area contributed by atoms with Gasteiger partial charge in [-0.1, -0.05) is 35.3 Å². The molecule has 1 aromatic heterocycles. The van der Waals surface area contributed by atoms with Gasteiger partial charge in [-0.25, -0.2) is 0 Å². The summed E-state index contributed by atoms with van der Waals surface area (Å²) in [5.41, 5.74) is 4.58. The molecule has 0 bridgehead atoms. The van der Waals surface area contributed by atoms with Crippen molar-refractivity contribution in [3.8, 4) is 5.75 Å². The molecule has 2 rings (SSSR count). The van der Waals surface area contributed by atoms with Gasteiger partial charge in [0.15, 0.2) is 0 Å². The van der Waals surface area contributed by atoms with E-state index in [1.165, 1.54) is 18.2 Å². The number of aromatic hydroxyl groups is 1. The van der Waals surface area contributed by atoms with Crippen molar-refractivity contribution < 1.29 is 14.7 Å². The second-order valence-corrected chi connectivity index (χ2v) is 5.95. The molecule has 0 fully saturated rings. The Kier molecular flexibility index (Phi) is 4.49. The van der Waals surface area contributed by atoms with Crippen LogP contribution >= 0.6 is 34.5 Å². The van der Waals surface area contributed by atoms with Crippen molar-refractivity contribution in [3.63, 3.8) is 0 Å². The highest BCUT2D eigenvalue weighted by atomic mass is 35.5. The number of hydrazine groups is 1. The minimum atomic E-state index is -0.645. The number of phenolic OH excluding ortho intramolecular Hbond substituents is 1. The molecule has 0 unspecified atom stereocenters. The number of thiophene rings is 1. The molecular formula is C12H8Cl2N2O3S. The summed E-state index contributed by atoms with van der Waals surface area (Å²) < 4.78 is 0.594. The third-order valence-corrected chi connectivity index (χ3v) is 3.83. The molecular weight excluding hydrogens is 323 g/mol. The summed E-state index contributed by atoms with van der Waals surface area (Å²) in [7, 11) is 0. The number of para-hydroxylation sites is 1. The third-order valence-electron chi connectivity index (χ3n) is 2.34. The molecule has 0 aliphatic rings. The zero-order valence-corrected chi connectivity index (χ0v) is 12.1. The Morgan fingerprint density at radius 3 is 2.20 bits per heavy atom. The Morgan fingerprint density at radius 1 is 1.05 bits per heavy atom. The number of halogens is 2. The molecule has 0 saturated carbocycles. The van der Waals surface area contributed by atoms with Crippen LogP contribution in [0.15, 0.2) is 30.3 Å². The van der Waals surface area contributed by atoms with Crippen molar-refractivity contribution in [1.82, 2.24) is 10.9 Å². The van der Waals surface area contributed by atoms with Gasteiger partial charge in [0.05, 0.1) is 15.5 Å². The van der Waals surface area contributed by atoms with Gasteiger partial charge in [0.1, 0.15) is 10.1 Å². The smallest absolute Gasteiger partial charge is 0.273 e. The van der Waals surface area contributed by atoms with E-state index in [-0.39, 0.29) is 21.2 Å². The van der Waals surface area contributed by atoms with Crippen molar-refractivity contribution in [3.05, 3.63) is 50.1 Å². The van der Waals surface area contributed by atoms with Gasteiger partial charge in [-0.05, 0) is 18.2 Å². The van der Waals surface area contributed by atoms with E-state index in [0.29, 0.717) is 4.34 Å². The third kappa shape index (κ3) is 3.22. The van der Waals surface area contributed by atoms with E-state index in [1.807, 2.05) is 0 Å². The first-order chi connectivity index (χ1) is 9.49. The minimum Gasteiger partial charge on any atom is -0.507 e. The van der Waals surface area contributed by atoms with Gasteiger partial charge >= 0.3 is 0 Å². The highest BCUT2D eigenvalue weighted by molar-refractivity contribution is 7.20. The molecule has 2 aromatic rings. The number of amides is 2. The summed E-state index contributed by atoms with van der Waals surface area (Å²) in [5, 5.41) is 9.50. The van der Waals surface area contributed by atoms with Crippen molar-refractivity contribution in [2.75, 3.05) is 0 Å². The molecule has 2 amide bonds. The lowest BCUT2D eigenvalue weighted by Gasteiger charge is -2.07. The first kappa shape index (κ1) is 14.6. The van der Waals surface area contributed by atoms with Crippen LogP contribution in [-0.4, -0.2) is 16.9 Å². The molecule has 3 N–H and O–H groups in total. The fourth-order valence-electron chi connectivity index (χ4n) is 1.41. The lowest BCUT2D eigenvalue weighted by Crippen LogP contribution is -2.41. The first-order valence-corrected chi connectivity index (χ1v) is 6.90. The predicted molar refractivity (Wildman–Crippen MR) is 77.4 cm³/mol. The fourth-order valence-corrected chi connectivity index (χ4v) is 2.87. The number of hydrogen-bond donors (Lipinski definition) is 3. The van der Waals surface area contributed by atoms with Gasteiger partial charge in [-0.3, -0.25) is 20.4 Å². The van der Waals surface area contributed by atoms with Crippen LogP contribution in [0.2, 0.25) is 8.67 Å². The number of hydrogen-bond acceptors (Lipinski definition) is 4. The lowest BCUT2D eigenvalue weighted by atomic mass is 10.2. The Hall–Kier alpha value is -1.76. The van der Waals surface area contributed by atoms with Crippen LogP contribution in [0.1, 0.15) is 20.7 Å². The molecule has 0 spiro atoms. The molecule has 20 heavy (non-hydrogen) atoms. The SMILES string of the molecule is O=C(NNC(=O)c1cc(Cl)sc1Cl)c1ccccc1O. The molecule has 0 aliphatic heterocycles. The van der Waals surface area contributed by atoms with Crippen molar-refractivity contribution in [2.45, 2.75) is 0 Å². The number of carbonyl (C=O) groups is 2. The minimum absolute atomic E-state index is 0.0437. The Bertz CT molecular complexity index is 672. The highest BCUT2D eigenvalue weighted by Crippen LogP contribution is 2.30. The Labute approximate surface area is 128 Å². The topological polar surface area (TPSA) is 78.4 Å². The fraction of sp³-hybridized carbons (Fsp3) is 0. The standard InChI is InChI=1S/C12H8Cl2N2O3S/c13-9-5-7(10(14)20-9)12(19)16-15-11(18)6-3-1-2-4-8(6)17/h1-5,17H,(H,15,18)(H,16,19). The van der Waals surface area contributed by atoms with Gasteiger partial charge in [0.25, 0.3) is 11.8 Å². The van der Waals surface area contributed by atoms with Crippen LogP contribution < -0.4 is 10.9 Å². The Balaban J connectivity index is 2.02. The van der Waals surface area contributed by atoms with Crippen LogP contribution in [0.4, 0.5) is 0 Å². The van der Waals surface area contributed by atoms with Crippen LogP contribution in [0, 0.1) is 0 Å². The highest BCUT2D eigenvalue weighted by Gasteiger charge is 2.16. The van der Waals surface area contributed by atoms with E-state index in [1.54, 1.807) is 12.1 Å². The van der Waals surface area contributed by atoms with Crippen molar-refractivity contribution >= 4 is 46.4 Å². The summed E-state index contributed by atoms with van der Waals surface area (Å²) in [6.07, 6.45) is 0. The molecule has 0 atom stereocenters. The van der Waals surface area contributed by atoms with Gasteiger partial charge in [0.2, 0.25) is 0 Å². The summed E-state index contributed by atoms with van der Waals surface area (Å²) in [6.45, 7) is 0. The number of benzene rings is 1. The first-order valence-electron chi connectivity index (χ1n) is 5.32. The molecule has 104 valence electrons. The maximum atomic E-state index is 11.8. The van der Waals surface area contributed by atoms with Crippen LogP contribution in [0.5, 0.6) is 5.75 Å². The van der Waals surface area contributed by atoms with Crippen LogP contribution in [0.25, 0.3) is 0 Å². The average molecular weight is 331 g/mol. The number of carbonyl (C=O) groups excluding carboxylic acids is 2. The summed E-state index contributed by atoms with van der Waals surface area (Å²) >= 11 is 12.6. The number of rotatable bonds is 2. The molecule has 0 saturated heterocycles. The predicted octanol–water partition coefficient (Wildman–Crippen LogP) is 2.84. The molecule has 8 heteroatoms. The number of nitrogens with one attached hydrogen (secondary N) is 2. The summed E-state index contributed by atoms with van der Waals surface area (Å²) in [6, 6.07) is 7.36. The normalized spacial score (nSPS) is 10.1. The molecule has 1 heterocycles. The van der Waals surface area contributed by atoms with Crippen molar-refractivity contribution in [1.29, 1.82) is 0 Å². The monoisotopic (exact) mass is 330 g/mol. The van der Waals surface area contributed by atoms with Crippen LogP contribution in [0.3, 0.4) is 0 Å². The van der Waals surface area contributed by atoms with E-state index < -0.39 is 11.8 Å². The molecule has 5 nitrogen and oxygen atoms in total. The number of phenols is 1. The van der Waals surface area contributed by atoms with Crippen molar-refractivity contribution in [2.24, 2.45) is 0 Å². The van der Waals surface area contributed by atoms with E-state index in [4.69, 9.17) is 23.2 Å². The van der Waals surface area contributed by atoms with Gasteiger partial charge < -0.3 is 5.11 Å². The molecule has 0 aliphatic carbocycles. The van der Waals surface area contributed by atoms with Gasteiger partial charge in [0, 0.05) is 0 Å². The lowest BCUT2D eigenvalue weighted by molar-refractivity contribution is 0.0845. The maximum Gasteiger partial charge on any atom is 0.273 e. The summed E-state index contributed by atoms with van der Waals surface area (Å²) in [5.74, 6) is -1.42. The molecule has 0 radical (unpaired) electrons. The molecule has 1 aromatic carbocycles. The van der Waals surface area contributed by atoms with Crippen LogP contribution in [-0.2, 0) is 0 Å². The second kappa shape index (κ2) is 6.13. The van der Waals surface area contributed by atoms with Gasteiger partial charge in [-0.2, -0.15) is 0 Å². The quantitative estimate of drug-likeness (QED) is 0.741.